The quantitative estimate of drug-likeness (QED) is 0.765. The number of hydrogen-bond acceptors (Lipinski definition) is 5. The van der Waals surface area contributed by atoms with Gasteiger partial charge in [0.25, 0.3) is 0 Å². The maximum atomic E-state index is 11.1. The fraction of sp³-hybridized carbons (Fsp3) is 0. The molecule has 0 radical (unpaired) electrons. The van der Waals surface area contributed by atoms with Crippen molar-refractivity contribution in [3.05, 3.63) is 54.4 Å². The van der Waals surface area contributed by atoms with Crippen LogP contribution in [0.4, 0.5) is 5.69 Å². The number of nitrogens with zero attached hydrogens (tertiary/aromatic N) is 2. The third kappa shape index (κ3) is 2.46. The molecule has 21 heavy (non-hydrogen) atoms. The SMILES string of the molecule is Nc1cnc(Oc2cccc3ncccc23)cc1C(=O)O. The summed E-state index contributed by atoms with van der Waals surface area (Å²) in [5.41, 5.74) is 6.40. The van der Waals surface area contributed by atoms with Gasteiger partial charge in [0.1, 0.15) is 5.75 Å². The lowest BCUT2D eigenvalue weighted by Crippen LogP contribution is -2.03. The summed E-state index contributed by atoms with van der Waals surface area (Å²) in [6.45, 7) is 0. The molecule has 104 valence electrons. The highest BCUT2D eigenvalue weighted by molar-refractivity contribution is 5.93. The van der Waals surface area contributed by atoms with Crippen LogP contribution in [0.5, 0.6) is 11.6 Å². The Hall–Kier alpha value is -3.15. The van der Waals surface area contributed by atoms with Gasteiger partial charge in [-0.15, -0.1) is 0 Å². The minimum absolute atomic E-state index is 0.0432. The molecule has 2 heterocycles. The number of ether oxygens (including phenoxy) is 1. The zero-order chi connectivity index (χ0) is 14.8. The van der Waals surface area contributed by atoms with Crippen LogP contribution in [0, 0.1) is 0 Å². The second-order valence-electron chi connectivity index (χ2n) is 4.34. The number of fused-ring (bicyclic) bond motifs is 1. The molecular weight excluding hydrogens is 270 g/mol. The topological polar surface area (TPSA) is 98.3 Å². The predicted molar refractivity (Wildman–Crippen MR) is 77.4 cm³/mol. The normalized spacial score (nSPS) is 10.5. The monoisotopic (exact) mass is 281 g/mol. The van der Waals surface area contributed by atoms with Crippen molar-refractivity contribution in [1.82, 2.24) is 9.97 Å². The van der Waals surface area contributed by atoms with E-state index in [-0.39, 0.29) is 17.1 Å². The molecule has 3 aromatic rings. The standard InChI is InChI=1S/C15H11N3O3/c16-11-8-18-14(7-10(11)15(19)20)21-13-5-1-4-12-9(13)3-2-6-17-12/h1-8H,16H2,(H,19,20). The van der Waals surface area contributed by atoms with Crippen LogP contribution in [0.1, 0.15) is 10.4 Å². The Morgan fingerprint density at radius 3 is 2.86 bits per heavy atom. The average molecular weight is 281 g/mol. The van der Waals surface area contributed by atoms with Gasteiger partial charge >= 0.3 is 5.97 Å². The van der Waals surface area contributed by atoms with Gasteiger partial charge in [-0.2, -0.15) is 0 Å². The molecule has 3 rings (SSSR count). The van der Waals surface area contributed by atoms with Crippen molar-refractivity contribution in [3.63, 3.8) is 0 Å². The summed E-state index contributed by atoms with van der Waals surface area (Å²) in [5.74, 6) is -0.411. The van der Waals surface area contributed by atoms with Crippen LogP contribution in [-0.2, 0) is 0 Å². The molecule has 0 unspecified atom stereocenters. The van der Waals surface area contributed by atoms with E-state index in [9.17, 15) is 4.79 Å². The van der Waals surface area contributed by atoms with Crippen LogP contribution in [0.2, 0.25) is 0 Å². The van der Waals surface area contributed by atoms with E-state index in [1.807, 2.05) is 12.1 Å². The van der Waals surface area contributed by atoms with Gasteiger partial charge in [0.05, 0.1) is 23.0 Å². The summed E-state index contributed by atoms with van der Waals surface area (Å²) >= 11 is 0. The summed E-state index contributed by atoms with van der Waals surface area (Å²) in [6.07, 6.45) is 2.96. The molecule has 6 heteroatoms. The number of hydrogen-bond donors (Lipinski definition) is 2. The Morgan fingerprint density at radius 2 is 2.05 bits per heavy atom. The van der Waals surface area contributed by atoms with Gasteiger partial charge in [0.2, 0.25) is 5.88 Å². The number of carboxylic acid groups (broad SMARTS) is 1. The molecule has 0 aliphatic carbocycles. The highest BCUT2D eigenvalue weighted by atomic mass is 16.5. The van der Waals surface area contributed by atoms with E-state index in [2.05, 4.69) is 9.97 Å². The summed E-state index contributed by atoms with van der Waals surface area (Å²) < 4.78 is 5.67. The number of carbonyl (C=O) groups is 1. The van der Waals surface area contributed by atoms with Crippen LogP contribution >= 0.6 is 0 Å². The first-order valence-electron chi connectivity index (χ1n) is 6.15. The lowest BCUT2D eigenvalue weighted by Gasteiger charge is -2.09. The molecule has 0 aliphatic rings. The first-order chi connectivity index (χ1) is 10.1. The predicted octanol–water partition coefficient (Wildman–Crippen LogP) is 2.70. The highest BCUT2D eigenvalue weighted by Gasteiger charge is 2.12. The number of aromatic nitrogens is 2. The minimum atomic E-state index is -1.13. The van der Waals surface area contributed by atoms with E-state index in [1.54, 1.807) is 24.4 Å². The van der Waals surface area contributed by atoms with Gasteiger partial charge in [0.15, 0.2) is 0 Å². The Bertz CT molecular complexity index is 828. The average Bonchev–Trinajstić information content (AvgIpc) is 2.49. The summed E-state index contributed by atoms with van der Waals surface area (Å²) in [4.78, 5) is 19.3. The second-order valence-corrected chi connectivity index (χ2v) is 4.34. The van der Waals surface area contributed by atoms with Crippen molar-refractivity contribution in [1.29, 1.82) is 0 Å². The van der Waals surface area contributed by atoms with E-state index in [0.29, 0.717) is 5.75 Å². The fourth-order valence-corrected chi connectivity index (χ4v) is 1.96. The maximum Gasteiger partial charge on any atom is 0.338 e. The summed E-state index contributed by atoms with van der Waals surface area (Å²) in [6, 6.07) is 10.4. The molecule has 0 saturated heterocycles. The molecule has 2 aromatic heterocycles. The number of nitrogen functional groups attached to an aromatic ring is 1. The smallest absolute Gasteiger partial charge is 0.338 e. The van der Waals surface area contributed by atoms with Crippen LogP contribution in [0.15, 0.2) is 48.8 Å². The first-order valence-corrected chi connectivity index (χ1v) is 6.15. The van der Waals surface area contributed by atoms with Gasteiger partial charge in [0, 0.05) is 17.6 Å². The number of rotatable bonds is 3. The molecule has 0 atom stereocenters. The summed E-state index contributed by atoms with van der Waals surface area (Å²) in [7, 11) is 0. The molecule has 0 bridgehead atoms. The number of nitrogens with two attached hydrogens (primary N) is 1. The largest absolute Gasteiger partial charge is 0.478 e. The number of anilines is 1. The molecule has 0 amide bonds. The van der Waals surface area contributed by atoms with E-state index in [4.69, 9.17) is 15.6 Å². The van der Waals surface area contributed by atoms with Crippen LogP contribution in [0.25, 0.3) is 10.9 Å². The van der Waals surface area contributed by atoms with Gasteiger partial charge in [-0.05, 0) is 24.3 Å². The fourth-order valence-electron chi connectivity index (χ4n) is 1.96. The number of benzene rings is 1. The number of carboxylic acids is 1. The van der Waals surface area contributed by atoms with Crippen molar-refractivity contribution in [2.75, 3.05) is 5.73 Å². The van der Waals surface area contributed by atoms with Crippen LogP contribution in [-0.4, -0.2) is 21.0 Å². The first kappa shape index (κ1) is 12.9. The maximum absolute atomic E-state index is 11.1. The van der Waals surface area contributed by atoms with E-state index in [0.717, 1.165) is 10.9 Å². The van der Waals surface area contributed by atoms with Gasteiger partial charge in [-0.1, -0.05) is 6.07 Å². The van der Waals surface area contributed by atoms with Crippen molar-refractivity contribution >= 4 is 22.6 Å². The zero-order valence-electron chi connectivity index (χ0n) is 10.9. The Balaban J connectivity index is 2.03. The lowest BCUT2D eigenvalue weighted by molar-refractivity contribution is 0.0697. The Morgan fingerprint density at radius 1 is 1.19 bits per heavy atom. The van der Waals surface area contributed by atoms with Crippen LogP contribution < -0.4 is 10.5 Å². The molecular formula is C15H11N3O3. The highest BCUT2D eigenvalue weighted by Crippen LogP contribution is 2.28. The molecule has 0 fully saturated rings. The molecule has 0 aliphatic heterocycles. The third-order valence-corrected chi connectivity index (χ3v) is 2.96. The molecule has 0 saturated carbocycles. The van der Waals surface area contributed by atoms with Crippen molar-refractivity contribution in [3.8, 4) is 11.6 Å². The zero-order valence-corrected chi connectivity index (χ0v) is 10.9. The van der Waals surface area contributed by atoms with E-state index in [1.165, 1.54) is 12.3 Å². The molecule has 6 nitrogen and oxygen atoms in total. The minimum Gasteiger partial charge on any atom is -0.478 e. The molecule has 3 N–H and O–H groups in total. The van der Waals surface area contributed by atoms with Gasteiger partial charge in [-0.3, -0.25) is 4.98 Å². The second kappa shape index (κ2) is 5.09. The number of pyridine rings is 2. The summed E-state index contributed by atoms with van der Waals surface area (Å²) in [5, 5.41) is 9.87. The Labute approximate surface area is 119 Å². The van der Waals surface area contributed by atoms with Crippen molar-refractivity contribution < 1.29 is 14.6 Å². The van der Waals surface area contributed by atoms with E-state index >= 15 is 0 Å². The molecule has 0 spiro atoms. The van der Waals surface area contributed by atoms with E-state index < -0.39 is 5.97 Å². The Kier molecular flexibility index (Phi) is 3.12. The van der Waals surface area contributed by atoms with Gasteiger partial charge in [-0.25, -0.2) is 9.78 Å². The lowest BCUT2D eigenvalue weighted by atomic mass is 10.2. The molecule has 1 aromatic carbocycles. The van der Waals surface area contributed by atoms with Gasteiger partial charge < -0.3 is 15.6 Å². The van der Waals surface area contributed by atoms with Crippen LogP contribution in [0.3, 0.4) is 0 Å². The third-order valence-electron chi connectivity index (χ3n) is 2.96. The van der Waals surface area contributed by atoms with Crippen molar-refractivity contribution in [2.45, 2.75) is 0 Å². The van der Waals surface area contributed by atoms with Crippen molar-refractivity contribution in [2.24, 2.45) is 0 Å². The number of aromatic carboxylic acids is 1.